The molecule has 0 saturated carbocycles. The van der Waals surface area contributed by atoms with Gasteiger partial charge in [0.2, 0.25) is 0 Å². The van der Waals surface area contributed by atoms with Crippen molar-refractivity contribution in [2.75, 3.05) is 0 Å². The molecule has 1 aromatic rings. The minimum Gasteiger partial charge on any atom is -0.508 e. The smallest absolute Gasteiger partial charge is 0.322 e. The number of carboxylic acid groups (broad SMARTS) is 1. The van der Waals surface area contributed by atoms with Gasteiger partial charge in [-0.3, -0.25) is 10.6 Å². The Morgan fingerprint density at radius 3 is 2.43 bits per heavy atom. The third-order valence-corrected chi connectivity index (χ3v) is 1.88. The fourth-order valence-electron chi connectivity index (χ4n) is 1.09. The van der Waals surface area contributed by atoms with E-state index in [-0.39, 0.29) is 12.2 Å². The normalized spacial score (nSPS) is 12.4. The molecule has 0 amide bonds. The van der Waals surface area contributed by atoms with Crippen LogP contribution < -0.4 is 11.3 Å². The van der Waals surface area contributed by atoms with Crippen LogP contribution in [0.4, 0.5) is 0 Å². The summed E-state index contributed by atoms with van der Waals surface area (Å²) in [6.07, 6.45) is 0.284. The second-order valence-corrected chi connectivity index (χ2v) is 2.93. The number of carbonyl (C=O) groups is 1. The van der Waals surface area contributed by atoms with E-state index in [0.717, 1.165) is 5.56 Å². The maximum absolute atomic E-state index is 10.6. The van der Waals surface area contributed by atoms with Crippen LogP contribution in [0.5, 0.6) is 5.75 Å². The number of carboxylic acids is 1. The first kappa shape index (κ1) is 10.5. The monoisotopic (exact) mass is 196 g/mol. The van der Waals surface area contributed by atoms with E-state index in [9.17, 15) is 4.79 Å². The van der Waals surface area contributed by atoms with Gasteiger partial charge < -0.3 is 10.2 Å². The molecule has 5 heteroatoms. The maximum Gasteiger partial charge on any atom is 0.322 e. The van der Waals surface area contributed by atoms with Gasteiger partial charge in [-0.15, -0.1) is 0 Å². The summed E-state index contributed by atoms with van der Waals surface area (Å²) in [6.45, 7) is 0. The molecule has 0 heterocycles. The summed E-state index contributed by atoms with van der Waals surface area (Å²) in [5.41, 5.74) is 3.00. The number of hydrazine groups is 1. The molecule has 0 unspecified atom stereocenters. The second-order valence-electron chi connectivity index (χ2n) is 2.93. The summed E-state index contributed by atoms with van der Waals surface area (Å²) >= 11 is 0. The number of hydrogen-bond donors (Lipinski definition) is 4. The molecule has 76 valence electrons. The molecule has 0 spiro atoms. The van der Waals surface area contributed by atoms with E-state index in [0.29, 0.717) is 0 Å². The Kier molecular flexibility index (Phi) is 3.44. The Morgan fingerprint density at radius 1 is 1.43 bits per heavy atom. The van der Waals surface area contributed by atoms with Crippen LogP contribution in [-0.4, -0.2) is 22.2 Å². The zero-order valence-electron chi connectivity index (χ0n) is 7.47. The molecule has 0 bridgehead atoms. The SMILES string of the molecule is NN[C@H](Cc1ccc(O)cc1)C(=O)O. The van der Waals surface area contributed by atoms with Crippen molar-refractivity contribution in [2.24, 2.45) is 5.84 Å². The summed E-state index contributed by atoms with van der Waals surface area (Å²) in [4.78, 5) is 10.6. The van der Waals surface area contributed by atoms with Crippen molar-refractivity contribution in [3.8, 4) is 5.75 Å². The van der Waals surface area contributed by atoms with E-state index in [4.69, 9.17) is 16.1 Å². The molecule has 0 aromatic heterocycles. The lowest BCUT2D eigenvalue weighted by Crippen LogP contribution is -2.42. The predicted octanol–water partition coefficient (Wildman–Crippen LogP) is -0.149. The van der Waals surface area contributed by atoms with Crippen molar-refractivity contribution in [2.45, 2.75) is 12.5 Å². The molecule has 0 aliphatic heterocycles. The number of rotatable bonds is 4. The molecule has 0 fully saturated rings. The standard InChI is InChI=1S/C9H12N2O3/c10-11-8(9(13)14)5-6-1-3-7(12)4-2-6/h1-4,8,11-12H,5,10H2,(H,13,14)/t8-/m1/s1. The summed E-state index contributed by atoms with van der Waals surface area (Å²) in [6, 6.07) is 5.51. The Morgan fingerprint density at radius 2 is 2.00 bits per heavy atom. The fraction of sp³-hybridized carbons (Fsp3) is 0.222. The van der Waals surface area contributed by atoms with E-state index in [2.05, 4.69) is 5.43 Å². The van der Waals surface area contributed by atoms with Crippen LogP contribution in [0.1, 0.15) is 5.56 Å². The average molecular weight is 196 g/mol. The number of aliphatic carboxylic acids is 1. The number of aromatic hydroxyl groups is 1. The highest BCUT2D eigenvalue weighted by Gasteiger charge is 2.15. The molecule has 0 radical (unpaired) electrons. The lowest BCUT2D eigenvalue weighted by Gasteiger charge is -2.10. The minimum atomic E-state index is -0.999. The van der Waals surface area contributed by atoms with Crippen molar-refractivity contribution >= 4 is 5.97 Å². The third-order valence-electron chi connectivity index (χ3n) is 1.88. The summed E-state index contributed by atoms with van der Waals surface area (Å²) < 4.78 is 0. The predicted molar refractivity (Wildman–Crippen MR) is 50.6 cm³/mol. The van der Waals surface area contributed by atoms with E-state index in [1.54, 1.807) is 12.1 Å². The van der Waals surface area contributed by atoms with E-state index in [1.807, 2.05) is 0 Å². The van der Waals surface area contributed by atoms with Gasteiger partial charge >= 0.3 is 5.97 Å². The highest BCUT2D eigenvalue weighted by molar-refractivity contribution is 5.73. The molecular weight excluding hydrogens is 184 g/mol. The number of nitrogens with two attached hydrogens (primary N) is 1. The fourth-order valence-corrected chi connectivity index (χ4v) is 1.09. The number of phenols is 1. The molecule has 0 saturated heterocycles. The zero-order chi connectivity index (χ0) is 10.6. The number of benzene rings is 1. The van der Waals surface area contributed by atoms with Crippen molar-refractivity contribution in [1.82, 2.24) is 5.43 Å². The molecule has 1 atom stereocenters. The van der Waals surface area contributed by atoms with Crippen LogP contribution in [0.25, 0.3) is 0 Å². The quantitative estimate of drug-likeness (QED) is 0.397. The average Bonchev–Trinajstić information content (AvgIpc) is 2.16. The van der Waals surface area contributed by atoms with Gasteiger partial charge in [0.15, 0.2) is 0 Å². The van der Waals surface area contributed by atoms with Crippen molar-refractivity contribution in [3.05, 3.63) is 29.8 Å². The first-order valence-corrected chi connectivity index (χ1v) is 4.10. The van der Waals surface area contributed by atoms with Gasteiger partial charge in [0.05, 0.1) is 0 Å². The Labute approximate surface area is 81.1 Å². The van der Waals surface area contributed by atoms with Gasteiger partial charge in [-0.2, -0.15) is 0 Å². The Balaban J connectivity index is 2.67. The van der Waals surface area contributed by atoms with Crippen LogP contribution in [0.3, 0.4) is 0 Å². The molecular formula is C9H12N2O3. The number of hydrogen-bond acceptors (Lipinski definition) is 4. The first-order valence-electron chi connectivity index (χ1n) is 4.10. The topological polar surface area (TPSA) is 95.6 Å². The molecule has 5 N–H and O–H groups in total. The van der Waals surface area contributed by atoms with Gasteiger partial charge in [0.1, 0.15) is 11.8 Å². The van der Waals surface area contributed by atoms with Crippen LogP contribution >= 0.6 is 0 Å². The van der Waals surface area contributed by atoms with Crippen molar-refractivity contribution in [3.63, 3.8) is 0 Å². The van der Waals surface area contributed by atoms with Crippen LogP contribution in [0, 0.1) is 0 Å². The lowest BCUT2D eigenvalue weighted by molar-refractivity contribution is -0.139. The van der Waals surface area contributed by atoms with Gasteiger partial charge in [-0.1, -0.05) is 12.1 Å². The Hall–Kier alpha value is -1.59. The van der Waals surface area contributed by atoms with Gasteiger partial charge in [0.25, 0.3) is 0 Å². The molecule has 5 nitrogen and oxygen atoms in total. The highest BCUT2D eigenvalue weighted by atomic mass is 16.4. The summed E-state index contributed by atoms with van der Waals surface area (Å²) in [5, 5.41) is 17.7. The van der Waals surface area contributed by atoms with E-state index < -0.39 is 12.0 Å². The molecule has 1 rings (SSSR count). The van der Waals surface area contributed by atoms with E-state index in [1.165, 1.54) is 12.1 Å². The molecule has 14 heavy (non-hydrogen) atoms. The molecule has 1 aromatic carbocycles. The Bertz CT molecular complexity index is 310. The van der Waals surface area contributed by atoms with Crippen LogP contribution in [0.2, 0.25) is 0 Å². The molecule has 0 aliphatic rings. The highest BCUT2D eigenvalue weighted by Crippen LogP contribution is 2.11. The summed E-state index contributed by atoms with van der Waals surface area (Å²) in [5.74, 6) is 4.23. The largest absolute Gasteiger partial charge is 0.508 e. The van der Waals surface area contributed by atoms with Gasteiger partial charge in [-0.25, -0.2) is 5.43 Å². The van der Waals surface area contributed by atoms with Crippen LogP contribution in [-0.2, 0) is 11.2 Å². The summed E-state index contributed by atoms with van der Waals surface area (Å²) in [7, 11) is 0. The van der Waals surface area contributed by atoms with Gasteiger partial charge in [-0.05, 0) is 24.1 Å². The second kappa shape index (κ2) is 4.59. The third kappa shape index (κ3) is 2.72. The van der Waals surface area contributed by atoms with Crippen molar-refractivity contribution < 1.29 is 15.0 Å². The van der Waals surface area contributed by atoms with Crippen molar-refractivity contribution in [1.29, 1.82) is 0 Å². The van der Waals surface area contributed by atoms with Crippen LogP contribution in [0.15, 0.2) is 24.3 Å². The minimum absolute atomic E-state index is 0.154. The first-order chi connectivity index (χ1) is 6.63. The van der Waals surface area contributed by atoms with Gasteiger partial charge in [0, 0.05) is 0 Å². The lowest BCUT2D eigenvalue weighted by atomic mass is 10.1. The molecule has 0 aliphatic carbocycles. The van der Waals surface area contributed by atoms with E-state index >= 15 is 0 Å². The zero-order valence-corrected chi connectivity index (χ0v) is 7.47. The maximum atomic E-state index is 10.6. The number of phenolic OH excluding ortho intramolecular Hbond substituents is 1. The number of nitrogens with one attached hydrogen (secondary N) is 1.